The normalized spacial score (nSPS) is 14.7. The Labute approximate surface area is 164 Å². The molecule has 2 aromatic heterocycles. The summed E-state index contributed by atoms with van der Waals surface area (Å²) in [4.78, 5) is 11.1. The third-order valence-corrected chi connectivity index (χ3v) is 4.57. The van der Waals surface area contributed by atoms with E-state index in [0.29, 0.717) is 36.8 Å². The van der Waals surface area contributed by atoms with Crippen molar-refractivity contribution in [1.82, 2.24) is 15.0 Å². The highest BCUT2D eigenvalue weighted by molar-refractivity contribution is 5.92. The summed E-state index contributed by atoms with van der Waals surface area (Å²) in [5.41, 5.74) is -0.197. The molecule has 1 atom stereocenters. The Kier molecular flexibility index (Phi) is 4.85. The van der Waals surface area contributed by atoms with Gasteiger partial charge >= 0.3 is 6.18 Å². The second kappa shape index (κ2) is 7.34. The molecule has 0 saturated carbocycles. The van der Waals surface area contributed by atoms with Crippen molar-refractivity contribution < 1.29 is 22.6 Å². The lowest BCUT2D eigenvalue weighted by molar-refractivity contribution is -0.136. The first-order valence-corrected chi connectivity index (χ1v) is 9.17. The molecular weight excluding hydrogens is 387 g/mol. The van der Waals surface area contributed by atoms with Crippen LogP contribution < -0.4 is 20.1 Å². The number of H-pyrrole nitrogens is 1. The Morgan fingerprint density at radius 2 is 2.07 bits per heavy atom. The standard InChI is InChI=1S/C19H19F3N5O2/c1-3-10(2)24-17-14-11(19(20,21)22)9-23-16(14)26-18(27-17)25-12-5-4-6-13-15(12)29-8-7-28-13/h4-5,9-10H,3,7-8H2,1-2H3,(H3,23,24,25,26,27)/t10-/m0/s1. The van der Waals surface area contributed by atoms with Gasteiger partial charge in [-0.25, -0.2) is 0 Å². The van der Waals surface area contributed by atoms with Crippen molar-refractivity contribution in [2.24, 2.45) is 0 Å². The molecule has 1 aromatic carbocycles. The molecule has 3 N–H and O–H groups in total. The van der Waals surface area contributed by atoms with Crippen LogP contribution in [-0.2, 0) is 6.18 Å². The molecule has 1 radical (unpaired) electrons. The van der Waals surface area contributed by atoms with Crippen LogP contribution in [0, 0.1) is 6.07 Å². The first-order valence-electron chi connectivity index (χ1n) is 9.17. The summed E-state index contributed by atoms with van der Waals surface area (Å²) in [6.45, 7) is 4.60. The van der Waals surface area contributed by atoms with Crippen LogP contribution in [0.3, 0.4) is 0 Å². The van der Waals surface area contributed by atoms with Crippen LogP contribution in [0.1, 0.15) is 25.8 Å². The molecule has 4 rings (SSSR count). The maximum absolute atomic E-state index is 13.4. The number of benzene rings is 1. The number of anilines is 3. The van der Waals surface area contributed by atoms with Gasteiger partial charge in [-0.2, -0.15) is 23.1 Å². The average molecular weight is 406 g/mol. The highest BCUT2D eigenvalue weighted by Gasteiger charge is 2.35. The van der Waals surface area contributed by atoms with Crippen molar-refractivity contribution in [3.8, 4) is 11.5 Å². The van der Waals surface area contributed by atoms with Crippen molar-refractivity contribution in [3.63, 3.8) is 0 Å². The first kappa shape index (κ1) is 19.2. The summed E-state index contributed by atoms with van der Waals surface area (Å²) in [5, 5.41) is 5.97. The molecule has 7 nitrogen and oxygen atoms in total. The molecule has 153 valence electrons. The minimum absolute atomic E-state index is 0.0762. The number of rotatable bonds is 5. The van der Waals surface area contributed by atoms with E-state index < -0.39 is 11.7 Å². The number of nitrogens with one attached hydrogen (secondary N) is 3. The van der Waals surface area contributed by atoms with Crippen molar-refractivity contribution in [3.05, 3.63) is 30.0 Å². The summed E-state index contributed by atoms with van der Waals surface area (Å²) in [5.74, 6) is 1.15. The van der Waals surface area contributed by atoms with E-state index in [-0.39, 0.29) is 28.8 Å². The predicted molar refractivity (Wildman–Crippen MR) is 102 cm³/mol. The largest absolute Gasteiger partial charge is 0.485 e. The zero-order chi connectivity index (χ0) is 20.6. The number of hydrogen-bond donors (Lipinski definition) is 3. The Balaban J connectivity index is 1.78. The number of halogens is 3. The highest BCUT2D eigenvalue weighted by Crippen LogP contribution is 2.40. The summed E-state index contributed by atoms with van der Waals surface area (Å²) in [6, 6.07) is 6.22. The summed E-state index contributed by atoms with van der Waals surface area (Å²) in [7, 11) is 0. The molecule has 0 saturated heterocycles. The van der Waals surface area contributed by atoms with Crippen molar-refractivity contribution in [1.29, 1.82) is 0 Å². The number of aromatic nitrogens is 3. The zero-order valence-electron chi connectivity index (χ0n) is 15.8. The van der Waals surface area contributed by atoms with Gasteiger partial charge in [0, 0.05) is 18.3 Å². The molecule has 3 aromatic rings. The van der Waals surface area contributed by atoms with E-state index in [9.17, 15) is 13.2 Å². The van der Waals surface area contributed by atoms with Gasteiger partial charge in [-0.05, 0) is 25.5 Å². The Morgan fingerprint density at radius 1 is 1.28 bits per heavy atom. The van der Waals surface area contributed by atoms with Crippen LogP contribution in [-0.4, -0.2) is 34.2 Å². The van der Waals surface area contributed by atoms with E-state index in [0.717, 1.165) is 6.20 Å². The molecule has 1 aliphatic rings. The zero-order valence-corrected chi connectivity index (χ0v) is 15.8. The van der Waals surface area contributed by atoms with Gasteiger partial charge in [-0.3, -0.25) is 0 Å². The fourth-order valence-corrected chi connectivity index (χ4v) is 2.97. The number of nitrogens with zero attached hydrogens (tertiary/aromatic N) is 2. The summed E-state index contributed by atoms with van der Waals surface area (Å²) < 4.78 is 51.4. The van der Waals surface area contributed by atoms with Crippen LogP contribution in [0.4, 0.5) is 30.6 Å². The van der Waals surface area contributed by atoms with Crippen LogP contribution in [0.15, 0.2) is 18.3 Å². The fourth-order valence-electron chi connectivity index (χ4n) is 2.97. The van der Waals surface area contributed by atoms with Gasteiger partial charge in [0.1, 0.15) is 24.7 Å². The van der Waals surface area contributed by atoms with E-state index in [1.54, 1.807) is 12.1 Å². The second-order valence-electron chi connectivity index (χ2n) is 6.64. The maximum atomic E-state index is 13.4. The second-order valence-corrected chi connectivity index (χ2v) is 6.64. The topological polar surface area (TPSA) is 84.1 Å². The van der Waals surface area contributed by atoms with E-state index in [4.69, 9.17) is 9.47 Å². The first-order chi connectivity index (χ1) is 13.9. The van der Waals surface area contributed by atoms with Crippen molar-refractivity contribution in [2.75, 3.05) is 23.8 Å². The molecule has 0 aliphatic carbocycles. The lowest BCUT2D eigenvalue weighted by Gasteiger charge is -2.21. The minimum Gasteiger partial charge on any atom is -0.485 e. The lowest BCUT2D eigenvalue weighted by Crippen LogP contribution is -2.17. The highest BCUT2D eigenvalue weighted by atomic mass is 19.4. The third kappa shape index (κ3) is 3.74. The molecule has 0 spiro atoms. The number of fused-ring (bicyclic) bond motifs is 2. The quantitative estimate of drug-likeness (QED) is 0.579. The Morgan fingerprint density at radius 3 is 2.83 bits per heavy atom. The monoisotopic (exact) mass is 406 g/mol. The van der Waals surface area contributed by atoms with E-state index in [2.05, 4.69) is 31.7 Å². The molecule has 0 unspecified atom stereocenters. The van der Waals surface area contributed by atoms with E-state index >= 15 is 0 Å². The van der Waals surface area contributed by atoms with Crippen molar-refractivity contribution >= 4 is 28.5 Å². The van der Waals surface area contributed by atoms with Gasteiger partial charge in [0.25, 0.3) is 0 Å². The molecular formula is C19H19F3N5O2. The van der Waals surface area contributed by atoms with E-state index in [1.807, 2.05) is 13.8 Å². The van der Waals surface area contributed by atoms with Crippen molar-refractivity contribution in [2.45, 2.75) is 32.5 Å². The SMILES string of the molecule is CC[C@H](C)Nc1nc(Nc2cc[c]c3c2OCCO3)nc2[nH]cc(C(F)(F)F)c12. The molecule has 0 bridgehead atoms. The molecule has 29 heavy (non-hydrogen) atoms. The summed E-state index contributed by atoms with van der Waals surface area (Å²) in [6.07, 6.45) is -2.91. The predicted octanol–water partition coefficient (Wildman–Crippen LogP) is 4.50. The molecule has 1 aliphatic heterocycles. The van der Waals surface area contributed by atoms with E-state index in [1.165, 1.54) is 0 Å². The number of hydrogen-bond acceptors (Lipinski definition) is 6. The van der Waals surface area contributed by atoms with Crippen LogP contribution in [0.5, 0.6) is 11.5 Å². The lowest BCUT2D eigenvalue weighted by atomic mass is 10.2. The Hall–Kier alpha value is -3.17. The number of aromatic amines is 1. The number of alkyl halides is 3. The third-order valence-electron chi connectivity index (χ3n) is 4.57. The molecule has 10 heteroatoms. The average Bonchev–Trinajstić information content (AvgIpc) is 3.13. The molecule has 0 fully saturated rings. The molecule has 0 amide bonds. The smallest absolute Gasteiger partial charge is 0.418 e. The molecule has 3 heterocycles. The Bertz CT molecular complexity index is 1030. The minimum atomic E-state index is -4.53. The van der Waals surface area contributed by atoms with Crippen LogP contribution in [0.25, 0.3) is 11.0 Å². The van der Waals surface area contributed by atoms with Gasteiger partial charge in [-0.1, -0.05) is 6.92 Å². The van der Waals surface area contributed by atoms with Gasteiger partial charge in [-0.15, -0.1) is 0 Å². The van der Waals surface area contributed by atoms with Crippen LogP contribution >= 0.6 is 0 Å². The maximum Gasteiger partial charge on any atom is 0.418 e. The van der Waals surface area contributed by atoms with Gasteiger partial charge in [0.2, 0.25) is 5.95 Å². The summed E-state index contributed by atoms with van der Waals surface area (Å²) >= 11 is 0. The van der Waals surface area contributed by atoms with Gasteiger partial charge in [0.05, 0.1) is 16.6 Å². The van der Waals surface area contributed by atoms with Gasteiger partial charge in [0.15, 0.2) is 11.5 Å². The van der Waals surface area contributed by atoms with Gasteiger partial charge < -0.3 is 25.1 Å². The van der Waals surface area contributed by atoms with Crippen LogP contribution in [0.2, 0.25) is 0 Å². The fraction of sp³-hybridized carbons (Fsp3) is 0.368. The number of ether oxygens (including phenoxy) is 2.